The van der Waals surface area contributed by atoms with E-state index < -0.39 is 13.9 Å². The molecule has 0 saturated heterocycles. The number of aryl methyl sites for hydroxylation is 2. The SMILES string of the molecule is Cc1cc(O[Si](C)(C)C(C)(C)C)cc2c1C(O)(c1ccc(OCc3ccccc3)c(C(C)C)c1)CC2. The van der Waals surface area contributed by atoms with Crippen LogP contribution in [0.4, 0.5) is 0 Å². The van der Waals surface area contributed by atoms with E-state index in [0.29, 0.717) is 13.0 Å². The molecule has 4 rings (SSSR count). The molecule has 0 radical (unpaired) electrons. The van der Waals surface area contributed by atoms with Crippen LogP contribution >= 0.6 is 0 Å². The minimum Gasteiger partial charge on any atom is -0.543 e. The van der Waals surface area contributed by atoms with E-state index in [2.05, 4.69) is 85.0 Å². The van der Waals surface area contributed by atoms with Gasteiger partial charge in [-0.25, -0.2) is 0 Å². The molecule has 4 heteroatoms. The minimum atomic E-state index is -1.94. The molecule has 1 unspecified atom stereocenters. The monoisotopic (exact) mass is 502 g/mol. The maximum Gasteiger partial charge on any atom is 0.250 e. The van der Waals surface area contributed by atoms with E-state index in [1.54, 1.807) is 0 Å². The van der Waals surface area contributed by atoms with E-state index in [0.717, 1.165) is 45.7 Å². The highest BCUT2D eigenvalue weighted by Gasteiger charge is 2.42. The van der Waals surface area contributed by atoms with Crippen LogP contribution < -0.4 is 9.16 Å². The van der Waals surface area contributed by atoms with Crippen LogP contribution in [0.1, 0.15) is 80.3 Å². The van der Waals surface area contributed by atoms with Gasteiger partial charge in [-0.15, -0.1) is 0 Å². The van der Waals surface area contributed by atoms with Crippen molar-refractivity contribution in [1.82, 2.24) is 0 Å². The first-order chi connectivity index (χ1) is 16.8. The fourth-order valence-corrected chi connectivity index (χ4v) is 5.99. The zero-order chi connectivity index (χ0) is 26.3. The molecule has 3 nitrogen and oxygen atoms in total. The second-order valence-electron chi connectivity index (χ2n) is 12.2. The third-order valence-corrected chi connectivity index (χ3v) is 12.4. The van der Waals surface area contributed by atoms with Crippen LogP contribution in [0.5, 0.6) is 11.5 Å². The second kappa shape index (κ2) is 9.72. The van der Waals surface area contributed by atoms with Crippen molar-refractivity contribution in [3.05, 3.63) is 94.0 Å². The summed E-state index contributed by atoms with van der Waals surface area (Å²) in [4.78, 5) is 0. The van der Waals surface area contributed by atoms with Gasteiger partial charge < -0.3 is 14.3 Å². The van der Waals surface area contributed by atoms with Gasteiger partial charge in [0.1, 0.15) is 23.7 Å². The van der Waals surface area contributed by atoms with Crippen LogP contribution in [0, 0.1) is 6.92 Å². The Balaban J connectivity index is 1.65. The Morgan fingerprint density at radius 1 is 1.00 bits per heavy atom. The van der Waals surface area contributed by atoms with Gasteiger partial charge in [0.25, 0.3) is 0 Å². The van der Waals surface area contributed by atoms with Crippen molar-refractivity contribution in [3.8, 4) is 11.5 Å². The Labute approximate surface area is 218 Å². The Bertz CT molecular complexity index is 1220. The quantitative estimate of drug-likeness (QED) is 0.330. The third-order valence-electron chi connectivity index (χ3n) is 8.09. The Morgan fingerprint density at radius 3 is 2.33 bits per heavy atom. The molecule has 1 aliphatic rings. The van der Waals surface area contributed by atoms with Gasteiger partial charge in [-0.05, 0) is 101 Å². The van der Waals surface area contributed by atoms with Crippen molar-refractivity contribution in [2.75, 3.05) is 0 Å². The summed E-state index contributed by atoms with van der Waals surface area (Å²) in [6.07, 6.45) is 1.51. The van der Waals surface area contributed by atoms with Crippen molar-refractivity contribution in [2.45, 2.75) is 90.6 Å². The van der Waals surface area contributed by atoms with E-state index in [-0.39, 0.29) is 11.0 Å². The van der Waals surface area contributed by atoms with Crippen LogP contribution in [0.25, 0.3) is 0 Å². The third kappa shape index (κ3) is 5.12. The molecule has 0 heterocycles. The van der Waals surface area contributed by atoms with E-state index in [9.17, 15) is 5.11 Å². The molecular weight excluding hydrogens is 460 g/mol. The lowest BCUT2D eigenvalue weighted by molar-refractivity contribution is 0.0821. The van der Waals surface area contributed by atoms with Gasteiger partial charge in [-0.1, -0.05) is 71.0 Å². The summed E-state index contributed by atoms with van der Waals surface area (Å²) in [5.41, 5.74) is 5.54. The first-order valence-corrected chi connectivity index (χ1v) is 16.1. The normalized spacial score (nSPS) is 17.8. The summed E-state index contributed by atoms with van der Waals surface area (Å²) in [5.74, 6) is 2.10. The van der Waals surface area contributed by atoms with Gasteiger partial charge in [0, 0.05) is 0 Å². The number of benzene rings is 3. The summed E-state index contributed by atoms with van der Waals surface area (Å²) < 4.78 is 12.8. The van der Waals surface area contributed by atoms with Gasteiger partial charge >= 0.3 is 0 Å². The zero-order valence-electron chi connectivity index (χ0n) is 23.2. The van der Waals surface area contributed by atoms with Gasteiger partial charge in [0.2, 0.25) is 8.32 Å². The molecule has 0 fully saturated rings. The van der Waals surface area contributed by atoms with Crippen molar-refractivity contribution in [3.63, 3.8) is 0 Å². The lowest BCUT2D eigenvalue weighted by Crippen LogP contribution is -2.43. The van der Waals surface area contributed by atoms with E-state index >= 15 is 0 Å². The maximum absolute atomic E-state index is 12.1. The highest BCUT2D eigenvalue weighted by atomic mass is 28.4. The Kier molecular flexibility index (Phi) is 7.15. The first kappa shape index (κ1) is 26.5. The summed E-state index contributed by atoms with van der Waals surface area (Å²) >= 11 is 0. The number of fused-ring (bicyclic) bond motifs is 1. The van der Waals surface area contributed by atoms with E-state index in [1.165, 1.54) is 5.56 Å². The number of aliphatic hydroxyl groups is 1. The van der Waals surface area contributed by atoms with E-state index in [4.69, 9.17) is 9.16 Å². The van der Waals surface area contributed by atoms with Gasteiger partial charge in [-0.2, -0.15) is 0 Å². The smallest absolute Gasteiger partial charge is 0.250 e. The molecule has 3 aromatic rings. The molecule has 0 bridgehead atoms. The van der Waals surface area contributed by atoms with Crippen molar-refractivity contribution < 1.29 is 14.3 Å². The van der Waals surface area contributed by atoms with Crippen molar-refractivity contribution in [1.29, 1.82) is 0 Å². The zero-order valence-corrected chi connectivity index (χ0v) is 24.2. The van der Waals surface area contributed by atoms with Gasteiger partial charge in [0.15, 0.2) is 0 Å². The average molecular weight is 503 g/mol. The Morgan fingerprint density at radius 2 is 1.69 bits per heavy atom. The summed E-state index contributed by atoms with van der Waals surface area (Å²) in [7, 11) is -1.94. The molecule has 1 aliphatic carbocycles. The molecular formula is C32H42O3Si. The molecule has 192 valence electrons. The van der Waals surface area contributed by atoms with Crippen LogP contribution in [0.15, 0.2) is 60.7 Å². The van der Waals surface area contributed by atoms with Crippen LogP contribution in [-0.4, -0.2) is 13.4 Å². The highest BCUT2D eigenvalue weighted by Crippen LogP contribution is 2.47. The van der Waals surface area contributed by atoms with Gasteiger partial charge in [0.05, 0.1) is 0 Å². The molecule has 0 spiro atoms. The molecule has 0 aromatic heterocycles. The standard InChI is InChI=1S/C32H42O3Si/c1-22(2)28-20-26(14-15-29(28)34-21-24-12-10-9-11-13-24)32(33)17-16-25-19-27(18-23(3)30(25)32)35-36(7,8)31(4,5)6/h9-15,18-20,22,33H,16-17,21H2,1-8H3. The summed E-state index contributed by atoms with van der Waals surface area (Å²) in [6, 6.07) is 20.8. The van der Waals surface area contributed by atoms with Gasteiger partial charge in [-0.3, -0.25) is 0 Å². The number of hydrogen-bond acceptors (Lipinski definition) is 3. The lowest BCUT2D eigenvalue weighted by Gasteiger charge is -2.37. The van der Waals surface area contributed by atoms with Crippen molar-refractivity contribution >= 4 is 8.32 Å². The van der Waals surface area contributed by atoms with Crippen LogP contribution in [-0.2, 0) is 18.6 Å². The predicted molar refractivity (Wildman–Crippen MR) is 152 cm³/mol. The number of rotatable bonds is 7. The number of ether oxygens (including phenoxy) is 1. The lowest BCUT2D eigenvalue weighted by atomic mass is 9.83. The summed E-state index contributed by atoms with van der Waals surface area (Å²) in [6.45, 7) is 18.3. The molecule has 1 N–H and O–H groups in total. The topological polar surface area (TPSA) is 38.7 Å². The Hall–Kier alpha value is -2.56. The highest BCUT2D eigenvalue weighted by molar-refractivity contribution is 6.74. The van der Waals surface area contributed by atoms with E-state index in [1.807, 2.05) is 30.3 Å². The average Bonchev–Trinajstić information content (AvgIpc) is 3.15. The molecule has 0 saturated carbocycles. The fourth-order valence-electron chi connectivity index (χ4n) is 4.97. The first-order valence-electron chi connectivity index (χ1n) is 13.2. The van der Waals surface area contributed by atoms with Crippen molar-refractivity contribution in [2.24, 2.45) is 0 Å². The maximum atomic E-state index is 12.1. The summed E-state index contributed by atoms with van der Waals surface area (Å²) in [5, 5.41) is 12.2. The molecule has 3 aromatic carbocycles. The molecule has 1 atom stereocenters. The van der Waals surface area contributed by atoms with Crippen LogP contribution in [0.3, 0.4) is 0 Å². The second-order valence-corrected chi connectivity index (χ2v) is 16.9. The molecule has 0 amide bonds. The predicted octanol–water partition coefficient (Wildman–Crippen LogP) is 8.26. The van der Waals surface area contributed by atoms with Crippen LogP contribution in [0.2, 0.25) is 18.1 Å². The minimum absolute atomic E-state index is 0.137. The molecule has 0 aliphatic heterocycles. The fraction of sp³-hybridized carbons (Fsp3) is 0.438. The number of hydrogen-bond donors (Lipinski definition) is 1. The largest absolute Gasteiger partial charge is 0.543 e. The molecule has 36 heavy (non-hydrogen) atoms.